The van der Waals surface area contributed by atoms with Crippen molar-refractivity contribution in [2.24, 2.45) is 0 Å². The van der Waals surface area contributed by atoms with Crippen molar-refractivity contribution in [1.82, 2.24) is 9.78 Å². The molecular weight excluding hydrogens is 276 g/mol. The van der Waals surface area contributed by atoms with Gasteiger partial charge in [0.15, 0.2) is 0 Å². The van der Waals surface area contributed by atoms with Gasteiger partial charge in [0.05, 0.1) is 11.5 Å². The van der Waals surface area contributed by atoms with Crippen molar-refractivity contribution in [1.29, 1.82) is 0 Å². The van der Waals surface area contributed by atoms with Gasteiger partial charge in [0.2, 0.25) is 5.82 Å². The molecule has 0 saturated carbocycles. The third kappa shape index (κ3) is 2.67. The van der Waals surface area contributed by atoms with Crippen LogP contribution in [0, 0.1) is 24.0 Å². The van der Waals surface area contributed by atoms with Gasteiger partial charge in [-0.1, -0.05) is 0 Å². The van der Waals surface area contributed by atoms with Crippen LogP contribution in [0.15, 0.2) is 11.4 Å². The molecule has 2 heterocycles. The van der Waals surface area contributed by atoms with Crippen molar-refractivity contribution in [3.63, 3.8) is 0 Å². The molecule has 6 nitrogen and oxygen atoms in total. The van der Waals surface area contributed by atoms with Gasteiger partial charge in [-0.15, -0.1) is 11.3 Å². The molecule has 108 valence electrons. The summed E-state index contributed by atoms with van der Waals surface area (Å²) in [6.07, 6.45) is 0. The van der Waals surface area contributed by atoms with Crippen molar-refractivity contribution in [2.45, 2.75) is 40.3 Å². The minimum atomic E-state index is -0.370. The molecule has 2 aromatic rings. The van der Waals surface area contributed by atoms with Crippen LogP contribution in [0.3, 0.4) is 0 Å². The predicted molar refractivity (Wildman–Crippen MR) is 80.4 cm³/mol. The fraction of sp³-hybridized carbons (Fsp3) is 0.462. The van der Waals surface area contributed by atoms with E-state index in [9.17, 15) is 10.1 Å². The minimum absolute atomic E-state index is 0.0629. The van der Waals surface area contributed by atoms with E-state index < -0.39 is 0 Å². The van der Waals surface area contributed by atoms with Crippen LogP contribution < -0.4 is 5.32 Å². The summed E-state index contributed by atoms with van der Waals surface area (Å²) in [6.45, 7) is 8.18. The molecule has 0 atom stereocenters. The summed E-state index contributed by atoms with van der Waals surface area (Å²) in [5, 5.41) is 20.7. The average molecular weight is 294 g/mol. The van der Waals surface area contributed by atoms with E-state index in [-0.39, 0.29) is 16.7 Å². The minimum Gasteiger partial charge on any atom is -0.360 e. The van der Waals surface area contributed by atoms with E-state index in [4.69, 9.17) is 0 Å². The molecule has 20 heavy (non-hydrogen) atoms. The number of thiophene rings is 1. The number of hydrogen-bond donors (Lipinski definition) is 1. The Balaban J connectivity index is 2.34. The summed E-state index contributed by atoms with van der Waals surface area (Å²) < 4.78 is 1.68. The van der Waals surface area contributed by atoms with Gasteiger partial charge in [-0.25, -0.2) is 4.68 Å². The molecule has 0 unspecified atom stereocenters. The number of rotatable bonds is 5. The SMILES string of the molecule is Cc1ccsc1CNc1c([N+](=O)[O-])c(C)nn1C(C)C. The topological polar surface area (TPSA) is 73.0 Å². The number of anilines is 1. The first-order valence-electron chi connectivity index (χ1n) is 6.42. The first-order valence-corrected chi connectivity index (χ1v) is 7.30. The molecule has 0 bridgehead atoms. The maximum absolute atomic E-state index is 11.2. The van der Waals surface area contributed by atoms with E-state index in [1.165, 1.54) is 10.4 Å². The Hall–Kier alpha value is -1.89. The van der Waals surface area contributed by atoms with Gasteiger partial charge in [-0.2, -0.15) is 5.10 Å². The molecule has 0 radical (unpaired) electrons. The highest BCUT2D eigenvalue weighted by Crippen LogP contribution is 2.31. The van der Waals surface area contributed by atoms with Gasteiger partial charge >= 0.3 is 5.69 Å². The number of aryl methyl sites for hydroxylation is 2. The van der Waals surface area contributed by atoms with Crippen molar-refractivity contribution in [3.05, 3.63) is 37.7 Å². The summed E-state index contributed by atoms with van der Waals surface area (Å²) in [7, 11) is 0. The van der Waals surface area contributed by atoms with Crippen molar-refractivity contribution in [3.8, 4) is 0 Å². The third-order valence-corrected chi connectivity index (χ3v) is 4.13. The van der Waals surface area contributed by atoms with Crippen LogP contribution in [0.25, 0.3) is 0 Å². The highest BCUT2D eigenvalue weighted by Gasteiger charge is 2.26. The zero-order valence-electron chi connectivity index (χ0n) is 12.0. The number of nitrogens with one attached hydrogen (secondary N) is 1. The molecule has 2 rings (SSSR count). The Morgan fingerprint density at radius 1 is 1.50 bits per heavy atom. The first kappa shape index (κ1) is 14.5. The van der Waals surface area contributed by atoms with Crippen LogP contribution in [-0.2, 0) is 6.54 Å². The van der Waals surface area contributed by atoms with Gasteiger partial charge in [-0.05, 0) is 44.7 Å². The van der Waals surface area contributed by atoms with Crippen LogP contribution in [0.2, 0.25) is 0 Å². The number of nitro groups is 1. The lowest BCUT2D eigenvalue weighted by molar-refractivity contribution is -0.384. The predicted octanol–water partition coefficient (Wildman–Crippen LogP) is 3.66. The maximum atomic E-state index is 11.2. The van der Waals surface area contributed by atoms with Crippen LogP contribution in [0.4, 0.5) is 11.5 Å². The Bertz CT molecular complexity index is 630. The van der Waals surface area contributed by atoms with E-state index >= 15 is 0 Å². The normalized spacial score (nSPS) is 11.1. The molecule has 0 aliphatic heterocycles. The second-order valence-corrected chi connectivity index (χ2v) is 5.96. The standard InChI is InChI=1S/C13H18N4O2S/c1-8(2)16-13(12(17(18)19)10(4)15-16)14-7-11-9(3)5-6-20-11/h5-6,8,14H,7H2,1-4H3. The average Bonchev–Trinajstić information content (AvgIpc) is 2.90. The molecule has 0 aliphatic rings. The fourth-order valence-corrected chi connectivity index (χ4v) is 2.89. The second-order valence-electron chi connectivity index (χ2n) is 4.96. The zero-order chi connectivity index (χ0) is 14.9. The molecule has 0 spiro atoms. The monoisotopic (exact) mass is 294 g/mol. The fourth-order valence-electron chi connectivity index (χ4n) is 2.04. The van der Waals surface area contributed by atoms with E-state index in [0.29, 0.717) is 18.1 Å². The molecular formula is C13H18N4O2S. The van der Waals surface area contributed by atoms with E-state index in [1.54, 1.807) is 22.9 Å². The summed E-state index contributed by atoms with van der Waals surface area (Å²) in [6, 6.07) is 2.11. The van der Waals surface area contributed by atoms with E-state index in [0.717, 1.165) is 0 Å². The highest BCUT2D eigenvalue weighted by atomic mass is 32.1. The molecule has 0 saturated heterocycles. The third-order valence-electron chi connectivity index (χ3n) is 3.11. The number of aromatic nitrogens is 2. The maximum Gasteiger partial charge on any atom is 0.333 e. The largest absolute Gasteiger partial charge is 0.360 e. The van der Waals surface area contributed by atoms with Gasteiger partial charge in [-0.3, -0.25) is 10.1 Å². The first-order chi connectivity index (χ1) is 9.41. The van der Waals surface area contributed by atoms with Gasteiger partial charge < -0.3 is 5.32 Å². The molecule has 0 amide bonds. The summed E-state index contributed by atoms with van der Waals surface area (Å²) in [5.74, 6) is 0.482. The van der Waals surface area contributed by atoms with E-state index in [2.05, 4.69) is 10.4 Å². The van der Waals surface area contributed by atoms with Gasteiger partial charge in [0.25, 0.3) is 0 Å². The molecule has 1 N–H and O–H groups in total. The number of nitrogens with zero attached hydrogens (tertiary/aromatic N) is 3. The van der Waals surface area contributed by atoms with Crippen LogP contribution in [0.1, 0.15) is 36.0 Å². The molecule has 0 fully saturated rings. The Morgan fingerprint density at radius 2 is 2.20 bits per heavy atom. The molecule has 0 aromatic carbocycles. The molecule has 0 aliphatic carbocycles. The van der Waals surface area contributed by atoms with E-state index in [1.807, 2.05) is 32.2 Å². The Kier molecular flexibility index (Phi) is 4.08. The van der Waals surface area contributed by atoms with Crippen molar-refractivity contribution < 1.29 is 4.92 Å². The smallest absolute Gasteiger partial charge is 0.333 e. The lowest BCUT2D eigenvalue weighted by atomic mass is 10.3. The summed E-state index contributed by atoms with van der Waals surface area (Å²) >= 11 is 1.64. The van der Waals surface area contributed by atoms with Crippen molar-refractivity contribution in [2.75, 3.05) is 5.32 Å². The molecule has 2 aromatic heterocycles. The summed E-state index contributed by atoms with van der Waals surface area (Å²) in [5.41, 5.74) is 1.69. The van der Waals surface area contributed by atoms with Crippen molar-refractivity contribution >= 4 is 22.8 Å². The van der Waals surface area contributed by atoms with Crippen LogP contribution >= 0.6 is 11.3 Å². The molecule has 7 heteroatoms. The second kappa shape index (κ2) is 5.62. The van der Waals surface area contributed by atoms with Crippen LogP contribution in [0.5, 0.6) is 0 Å². The lowest BCUT2D eigenvalue weighted by Gasteiger charge is -2.11. The highest BCUT2D eigenvalue weighted by molar-refractivity contribution is 7.10. The number of hydrogen-bond acceptors (Lipinski definition) is 5. The Labute approximate surface area is 121 Å². The summed E-state index contributed by atoms with van der Waals surface area (Å²) in [4.78, 5) is 12.0. The van der Waals surface area contributed by atoms with Gasteiger partial charge in [0, 0.05) is 10.9 Å². The van der Waals surface area contributed by atoms with Gasteiger partial charge in [0.1, 0.15) is 5.69 Å². The lowest BCUT2D eigenvalue weighted by Crippen LogP contribution is -2.10. The quantitative estimate of drug-likeness (QED) is 0.674. The van der Waals surface area contributed by atoms with Crippen LogP contribution in [-0.4, -0.2) is 14.7 Å². The Morgan fingerprint density at radius 3 is 2.70 bits per heavy atom. The zero-order valence-corrected chi connectivity index (χ0v) is 12.8.